The summed E-state index contributed by atoms with van der Waals surface area (Å²) in [6.07, 6.45) is 0.848. The van der Waals surface area contributed by atoms with Crippen LogP contribution in [-0.4, -0.2) is 48.3 Å². The highest BCUT2D eigenvalue weighted by Gasteiger charge is 2.26. The molecule has 0 bridgehead atoms. The minimum Gasteiger partial charge on any atom is -0.497 e. The molecular weight excluding hydrogens is 394 g/mol. The number of carbonyl (C=O) groups excluding carboxylic acids is 2. The van der Waals surface area contributed by atoms with Gasteiger partial charge in [-0.2, -0.15) is 5.10 Å². The topological polar surface area (TPSA) is 99.3 Å². The van der Waals surface area contributed by atoms with Gasteiger partial charge in [-0.3, -0.25) is 14.7 Å². The molecule has 160 valence electrons. The van der Waals surface area contributed by atoms with E-state index < -0.39 is 0 Å². The SMILES string of the molecule is COc1ccc(-c2cc(N3CC[C@@H](NC(=O)c4ccc(NC(C)=O)cc4)C3)n[nH]2)cc1. The van der Waals surface area contributed by atoms with E-state index in [1.165, 1.54) is 6.92 Å². The minimum absolute atomic E-state index is 0.0451. The molecule has 2 aromatic carbocycles. The summed E-state index contributed by atoms with van der Waals surface area (Å²) < 4.78 is 5.20. The van der Waals surface area contributed by atoms with Crippen molar-refractivity contribution in [2.45, 2.75) is 19.4 Å². The van der Waals surface area contributed by atoms with E-state index in [4.69, 9.17) is 4.74 Å². The summed E-state index contributed by atoms with van der Waals surface area (Å²) in [5, 5.41) is 13.3. The number of nitrogens with one attached hydrogen (secondary N) is 3. The number of methoxy groups -OCH3 is 1. The van der Waals surface area contributed by atoms with E-state index in [0.717, 1.165) is 35.8 Å². The van der Waals surface area contributed by atoms with Gasteiger partial charge >= 0.3 is 0 Å². The van der Waals surface area contributed by atoms with Gasteiger partial charge < -0.3 is 20.3 Å². The van der Waals surface area contributed by atoms with Crippen LogP contribution in [0.3, 0.4) is 0 Å². The fourth-order valence-corrected chi connectivity index (χ4v) is 3.65. The standard InChI is InChI=1S/C23H25N5O3/c1-15(29)24-18-7-3-17(4-8-18)23(30)25-19-11-12-28(14-19)22-13-21(26-27-22)16-5-9-20(31-2)10-6-16/h3-10,13,19H,11-12,14H2,1-2H3,(H,24,29)(H,25,30)(H,26,27)/t19-/m1/s1. The Morgan fingerprint density at radius 3 is 2.55 bits per heavy atom. The quantitative estimate of drug-likeness (QED) is 0.570. The molecule has 1 aromatic heterocycles. The Kier molecular flexibility index (Phi) is 5.88. The Balaban J connectivity index is 1.34. The average molecular weight is 419 g/mol. The first-order valence-electron chi connectivity index (χ1n) is 10.1. The van der Waals surface area contributed by atoms with Crippen LogP contribution < -0.4 is 20.3 Å². The molecule has 0 aliphatic carbocycles. The van der Waals surface area contributed by atoms with Crippen molar-refractivity contribution < 1.29 is 14.3 Å². The Morgan fingerprint density at radius 2 is 1.87 bits per heavy atom. The molecular formula is C23H25N5O3. The third-order valence-corrected chi connectivity index (χ3v) is 5.28. The van der Waals surface area contributed by atoms with Crippen molar-refractivity contribution in [3.63, 3.8) is 0 Å². The van der Waals surface area contributed by atoms with Crippen molar-refractivity contribution in [2.75, 3.05) is 30.4 Å². The first-order chi connectivity index (χ1) is 15.0. The zero-order valence-electron chi connectivity index (χ0n) is 17.5. The molecule has 1 aliphatic heterocycles. The van der Waals surface area contributed by atoms with Gasteiger partial charge in [0.15, 0.2) is 5.82 Å². The predicted molar refractivity (Wildman–Crippen MR) is 119 cm³/mol. The van der Waals surface area contributed by atoms with E-state index in [2.05, 4.69) is 25.7 Å². The summed E-state index contributed by atoms with van der Waals surface area (Å²) in [5.74, 6) is 1.41. The highest BCUT2D eigenvalue weighted by molar-refractivity contribution is 5.95. The molecule has 2 heterocycles. The Morgan fingerprint density at radius 1 is 1.13 bits per heavy atom. The number of hydrogen-bond donors (Lipinski definition) is 3. The van der Waals surface area contributed by atoms with Crippen LogP contribution in [0.1, 0.15) is 23.7 Å². The van der Waals surface area contributed by atoms with Crippen LogP contribution in [-0.2, 0) is 4.79 Å². The monoisotopic (exact) mass is 419 g/mol. The van der Waals surface area contributed by atoms with Crippen molar-refractivity contribution in [1.82, 2.24) is 15.5 Å². The molecule has 0 saturated carbocycles. The number of ether oxygens (including phenoxy) is 1. The lowest BCUT2D eigenvalue weighted by atomic mass is 10.1. The summed E-state index contributed by atoms with van der Waals surface area (Å²) in [6.45, 7) is 2.97. The van der Waals surface area contributed by atoms with Crippen molar-refractivity contribution in [1.29, 1.82) is 0 Å². The summed E-state index contributed by atoms with van der Waals surface area (Å²) >= 11 is 0. The van der Waals surface area contributed by atoms with Gasteiger partial charge in [0.2, 0.25) is 5.91 Å². The van der Waals surface area contributed by atoms with E-state index >= 15 is 0 Å². The number of anilines is 2. The first kappa shape index (κ1) is 20.5. The Labute approximate surface area is 180 Å². The second kappa shape index (κ2) is 8.91. The van der Waals surface area contributed by atoms with Crippen molar-refractivity contribution in [3.8, 4) is 17.0 Å². The number of nitrogens with zero attached hydrogens (tertiary/aromatic N) is 2. The van der Waals surface area contributed by atoms with Gasteiger partial charge in [0, 0.05) is 43.4 Å². The highest BCUT2D eigenvalue weighted by Crippen LogP contribution is 2.26. The Bertz CT molecular complexity index is 1060. The third-order valence-electron chi connectivity index (χ3n) is 5.28. The van der Waals surface area contributed by atoms with Gasteiger partial charge in [-0.1, -0.05) is 0 Å². The molecule has 4 rings (SSSR count). The molecule has 3 N–H and O–H groups in total. The maximum atomic E-state index is 12.6. The molecule has 1 fully saturated rings. The van der Waals surface area contributed by atoms with E-state index in [-0.39, 0.29) is 17.9 Å². The summed E-state index contributed by atoms with van der Waals surface area (Å²) in [4.78, 5) is 25.8. The van der Waals surface area contributed by atoms with Crippen molar-refractivity contribution in [3.05, 3.63) is 60.2 Å². The Hall–Kier alpha value is -3.81. The summed E-state index contributed by atoms with van der Waals surface area (Å²) in [6, 6.07) is 16.7. The number of amides is 2. The lowest BCUT2D eigenvalue weighted by molar-refractivity contribution is -0.114. The van der Waals surface area contributed by atoms with Crippen LogP contribution >= 0.6 is 0 Å². The van der Waals surface area contributed by atoms with E-state index in [0.29, 0.717) is 17.8 Å². The normalized spacial score (nSPS) is 15.5. The van der Waals surface area contributed by atoms with Crippen LogP contribution in [0.5, 0.6) is 5.75 Å². The molecule has 31 heavy (non-hydrogen) atoms. The number of carbonyl (C=O) groups is 2. The molecule has 1 aliphatic rings. The molecule has 0 radical (unpaired) electrons. The smallest absolute Gasteiger partial charge is 0.251 e. The maximum Gasteiger partial charge on any atom is 0.251 e. The number of aromatic nitrogens is 2. The van der Waals surface area contributed by atoms with Crippen LogP contribution in [0.2, 0.25) is 0 Å². The van der Waals surface area contributed by atoms with E-state index in [1.54, 1.807) is 31.4 Å². The van der Waals surface area contributed by atoms with Crippen LogP contribution in [0.15, 0.2) is 54.6 Å². The second-order valence-electron chi connectivity index (χ2n) is 7.53. The number of hydrogen-bond acceptors (Lipinski definition) is 5. The van der Waals surface area contributed by atoms with Gasteiger partial charge in [-0.25, -0.2) is 0 Å². The van der Waals surface area contributed by atoms with Crippen LogP contribution in [0.4, 0.5) is 11.5 Å². The fourth-order valence-electron chi connectivity index (χ4n) is 3.65. The zero-order chi connectivity index (χ0) is 21.8. The zero-order valence-corrected chi connectivity index (χ0v) is 17.5. The second-order valence-corrected chi connectivity index (χ2v) is 7.53. The summed E-state index contributed by atoms with van der Waals surface area (Å²) in [7, 11) is 1.65. The first-order valence-corrected chi connectivity index (χ1v) is 10.1. The molecule has 0 unspecified atom stereocenters. The molecule has 3 aromatic rings. The van der Waals surface area contributed by atoms with Gasteiger partial charge in [-0.05, 0) is 60.5 Å². The number of rotatable bonds is 6. The van der Waals surface area contributed by atoms with Crippen molar-refractivity contribution in [2.24, 2.45) is 0 Å². The van der Waals surface area contributed by atoms with Gasteiger partial charge in [0.05, 0.1) is 12.8 Å². The molecule has 8 nitrogen and oxygen atoms in total. The van der Waals surface area contributed by atoms with E-state index in [9.17, 15) is 9.59 Å². The molecule has 1 atom stereocenters. The lowest BCUT2D eigenvalue weighted by Crippen LogP contribution is -2.37. The fraction of sp³-hybridized carbons (Fsp3) is 0.261. The molecule has 8 heteroatoms. The molecule has 0 spiro atoms. The van der Waals surface area contributed by atoms with E-state index in [1.807, 2.05) is 30.3 Å². The highest BCUT2D eigenvalue weighted by atomic mass is 16.5. The number of aromatic amines is 1. The molecule has 1 saturated heterocycles. The largest absolute Gasteiger partial charge is 0.497 e. The van der Waals surface area contributed by atoms with Crippen molar-refractivity contribution >= 4 is 23.3 Å². The number of benzene rings is 2. The number of H-pyrrole nitrogens is 1. The average Bonchev–Trinajstić information content (AvgIpc) is 3.43. The lowest BCUT2D eigenvalue weighted by Gasteiger charge is -2.16. The van der Waals surface area contributed by atoms with Crippen LogP contribution in [0.25, 0.3) is 11.3 Å². The van der Waals surface area contributed by atoms with Gasteiger partial charge in [0.25, 0.3) is 5.91 Å². The summed E-state index contributed by atoms with van der Waals surface area (Å²) in [5.41, 5.74) is 3.20. The van der Waals surface area contributed by atoms with Crippen LogP contribution in [0, 0.1) is 0 Å². The van der Waals surface area contributed by atoms with Gasteiger partial charge in [0.1, 0.15) is 5.75 Å². The van der Waals surface area contributed by atoms with Gasteiger partial charge in [-0.15, -0.1) is 0 Å². The third kappa shape index (κ3) is 4.85. The minimum atomic E-state index is -0.142. The predicted octanol–water partition coefficient (Wildman–Crippen LogP) is 3.05. The maximum absolute atomic E-state index is 12.6. The molecule has 2 amide bonds.